The van der Waals surface area contributed by atoms with E-state index in [2.05, 4.69) is 95.9 Å². The van der Waals surface area contributed by atoms with E-state index >= 15 is 0 Å². The monoisotopic (exact) mass is 370 g/mol. The van der Waals surface area contributed by atoms with Crippen LogP contribution in [-0.4, -0.2) is 22.0 Å². The second kappa shape index (κ2) is 6.66. The van der Waals surface area contributed by atoms with Crippen LogP contribution < -0.4 is 0 Å². The molecule has 0 spiro atoms. The van der Waals surface area contributed by atoms with Crippen LogP contribution in [0.3, 0.4) is 0 Å². The second-order valence-electron chi connectivity index (χ2n) is 7.21. The van der Waals surface area contributed by atoms with Crippen molar-refractivity contribution in [2.75, 3.05) is 11.5 Å². The summed E-state index contributed by atoms with van der Waals surface area (Å²) in [4.78, 5) is 2.91. The summed E-state index contributed by atoms with van der Waals surface area (Å²) in [6, 6.07) is 22.1. The highest BCUT2D eigenvalue weighted by molar-refractivity contribution is 8.04. The highest BCUT2D eigenvalue weighted by Gasteiger charge is 2.61. The van der Waals surface area contributed by atoms with Gasteiger partial charge in [0.05, 0.1) is 0 Å². The molecule has 0 N–H and O–H groups in total. The average Bonchev–Trinajstić information content (AvgIpc) is 3.26. The van der Waals surface area contributed by atoms with Crippen LogP contribution in [0.4, 0.5) is 0 Å². The summed E-state index contributed by atoms with van der Waals surface area (Å²) in [7, 11) is 0. The molecular weight excluding hydrogens is 348 g/mol. The quantitative estimate of drug-likeness (QED) is 0.598. The first-order valence-corrected chi connectivity index (χ1v) is 11.8. The van der Waals surface area contributed by atoms with E-state index in [-0.39, 0.29) is 0 Å². The van der Waals surface area contributed by atoms with Crippen LogP contribution in [-0.2, 0) is 0 Å². The zero-order valence-corrected chi connectivity index (χ0v) is 16.0. The Morgan fingerprint density at radius 3 is 2.29 bits per heavy atom. The van der Waals surface area contributed by atoms with E-state index in [4.69, 9.17) is 0 Å². The van der Waals surface area contributed by atoms with Crippen molar-refractivity contribution in [3.05, 3.63) is 60.7 Å². The Morgan fingerprint density at radius 2 is 1.54 bits per heavy atom. The number of rotatable bonds is 5. The van der Waals surface area contributed by atoms with Crippen molar-refractivity contribution in [1.29, 1.82) is 0 Å². The third-order valence-electron chi connectivity index (χ3n) is 6.04. The standard InChI is InChI=1S/C21H22S3/c1-3-7-14(8-4-1)22-12-18-17-11-16-19(18)13-23-20(16)21(17)24-15-9-5-2-6-10-15/h1-10,16-21H,11-13H2. The molecule has 1 aliphatic heterocycles. The lowest BCUT2D eigenvalue weighted by Crippen LogP contribution is -2.35. The topological polar surface area (TPSA) is 0 Å². The van der Waals surface area contributed by atoms with Gasteiger partial charge in [0.15, 0.2) is 0 Å². The van der Waals surface area contributed by atoms with E-state index in [1.165, 1.54) is 27.7 Å². The molecule has 1 saturated heterocycles. The maximum Gasteiger partial charge on any atom is 0.0247 e. The molecule has 5 rings (SSSR count). The Labute approximate surface area is 157 Å². The summed E-state index contributed by atoms with van der Waals surface area (Å²) in [6.45, 7) is 0. The predicted molar refractivity (Wildman–Crippen MR) is 108 cm³/mol. The van der Waals surface area contributed by atoms with Gasteiger partial charge in [-0.05, 0) is 60.1 Å². The van der Waals surface area contributed by atoms with E-state index in [0.29, 0.717) is 0 Å². The Hall–Kier alpha value is -0.510. The van der Waals surface area contributed by atoms with Gasteiger partial charge in [-0.2, -0.15) is 11.8 Å². The summed E-state index contributed by atoms with van der Waals surface area (Å²) in [5.74, 6) is 6.58. The van der Waals surface area contributed by atoms with Crippen molar-refractivity contribution in [3.63, 3.8) is 0 Å². The van der Waals surface area contributed by atoms with Gasteiger partial charge >= 0.3 is 0 Å². The zero-order valence-electron chi connectivity index (χ0n) is 13.6. The summed E-state index contributed by atoms with van der Waals surface area (Å²) in [6.07, 6.45) is 1.49. The molecule has 24 heavy (non-hydrogen) atoms. The maximum absolute atomic E-state index is 2.29. The first-order chi connectivity index (χ1) is 11.9. The van der Waals surface area contributed by atoms with Gasteiger partial charge in [-0.1, -0.05) is 36.4 Å². The number of fused-ring (bicyclic) bond motifs is 1. The van der Waals surface area contributed by atoms with E-state index in [9.17, 15) is 0 Å². The second-order valence-corrected chi connectivity index (χ2v) is 10.8. The third-order valence-corrected chi connectivity index (χ3v) is 10.4. The predicted octanol–water partition coefficient (Wildman–Crippen LogP) is 5.94. The molecule has 3 aliphatic rings. The fraction of sp³-hybridized carbons (Fsp3) is 0.429. The molecule has 124 valence electrons. The smallest absolute Gasteiger partial charge is 0.0247 e. The molecule has 0 nitrogen and oxygen atoms in total. The van der Waals surface area contributed by atoms with Crippen molar-refractivity contribution in [3.8, 4) is 0 Å². The molecule has 2 aromatic rings. The van der Waals surface area contributed by atoms with Gasteiger partial charge in [0.2, 0.25) is 0 Å². The molecule has 2 aliphatic carbocycles. The van der Waals surface area contributed by atoms with Crippen molar-refractivity contribution >= 4 is 35.3 Å². The highest BCUT2D eigenvalue weighted by atomic mass is 32.2. The fourth-order valence-electron chi connectivity index (χ4n) is 5.00. The van der Waals surface area contributed by atoms with Crippen molar-refractivity contribution in [2.24, 2.45) is 23.7 Å². The maximum atomic E-state index is 2.29. The van der Waals surface area contributed by atoms with Crippen molar-refractivity contribution < 1.29 is 0 Å². The lowest BCUT2D eigenvalue weighted by Gasteiger charge is -2.33. The van der Waals surface area contributed by atoms with E-state index in [0.717, 1.165) is 34.2 Å². The Kier molecular flexibility index (Phi) is 4.36. The van der Waals surface area contributed by atoms with Gasteiger partial charge < -0.3 is 0 Å². The number of thioether (sulfide) groups is 3. The van der Waals surface area contributed by atoms with E-state index in [1.54, 1.807) is 0 Å². The minimum Gasteiger partial charge on any atom is -0.157 e. The summed E-state index contributed by atoms with van der Waals surface area (Å²) in [5.41, 5.74) is 0. The average molecular weight is 371 g/mol. The Balaban J connectivity index is 1.32. The molecule has 2 bridgehead atoms. The molecular formula is C21H22S3. The van der Waals surface area contributed by atoms with E-state index in [1.807, 2.05) is 0 Å². The number of hydrogen-bond acceptors (Lipinski definition) is 3. The Morgan fingerprint density at radius 1 is 0.833 bits per heavy atom. The van der Waals surface area contributed by atoms with Crippen LogP contribution in [0.25, 0.3) is 0 Å². The van der Waals surface area contributed by atoms with Crippen molar-refractivity contribution in [1.82, 2.24) is 0 Å². The van der Waals surface area contributed by atoms with Gasteiger partial charge in [0.25, 0.3) is 0 Å². The molecule has 0 radical (unpaired) electrons. The van der Waals surface area contributed by atoms with Gasteiger partial charge in [-0.3, -0.25) is 0 Å². The molecule has 2 saturated carbocycles. The van der Waals surface area contributed by atoms with E-state index < -0.39 is 0 Å². The Bertz CT molecular complexity index is 687. The molecule has 1 heterocycles. The molecule has 6 atom stereocenters. The van der Waals surface area contributed by atoms with Crippen LogP contribution in [0.5, 0.6) is 0 Å². The first kappa shape index (κ1) is 15.7. The fourth-order valence-corrected chi connectivity index (χ4v) is 9.97. The SMILES string of the molecule is c1ccc(SCC2C3CSC4C3CC2C4Sc2ccccc2)cc1. The molecule has 3 heteroatoms. The molecule has 0 amide bonds. The van der Waals surface area contributed by atoms with Crippen LogP contribution >= 0.6 is 35.3 Å². The highest BCUT2D eigenvalue weighted by Crippen LogP contribution is 2.65. The van der Waals surface area contributed by atoms with Gasteiger partial charge in [-0.25, -0.2) is 0 Å². The third kappa shape index (κ3) is 2.73. The number of benzene rings is 2. The lowest BCUT2D eigenvalue weighted by atomic mass is 9.81. The minimum atomic E-state index is 0.836. The van der Waals surface area contributed by atoms with Crippen LogP contribution in [0, 0.1) is 23.7 Å². The molecule has 6 unspecified atom stereocenters. The van der Waals surface area contributed by atoms with Crippen LogP contribution in [0.1, 0.15) is 6.42 Å². The minimum absolute atomic E-state index is 0.836. The normalized spacial score (nSPS) is 36.3. The first-order valence-electron chi connectivity index (χ1n) is 8.91. The zero-order chi connectivity index (χ0) is 15.9. The molecule has 2 aromatic carbocycles. The number of hydrogen-bond donors (Lipinski definition) is 0. The molecule has 0 aromatic heterocycles. The molecule has 3 fully saturated rings. The lowest BCUT2D eigenvalue weighted by molar-refractivity contribution is 0.298. The largest absolute Gasteiger partial charge is 0.157 e. The summed E-state index contributed by atoms with van der Waals surface area (Å²) < 4.78 is 0. The van der Waals surface area contributed by atoms with Gasteiger partial charge in [0.1, 0.15) is 0 Å². The van der Waals surface area contributed by atoms with Crippen LogP contribution in [0.15, 0.2) is 70.5 Å². The van der Waals surface area contributed by atoms with Gasteiger partial charge in [0, 0.05) is 26.0 Å². The summed E-state index contributed by atoms with van der Waals surface area (Å²) in [5, 5.41) is 1.76. The van der Waals surface area contributed by atoms with Gasteiger partial charge in [-0.15, -0.1) is 23.5 Å². The summed E-state index contributed by atoms with van der Waals surface area (Å²) >= 11 is 6.54. The van der Waals surface area contributed by atoms with Crippen molar-refractivity contribution in [2.45, 2.75) is 26.7 Å². The van der Waals surface area contributed by atoms with Crippen LogP contribution in [0.2, 0.25) is 0 Å².